The van der Waals surface area contributed by atoms with Gasteiger partial charge in [0.2, 0.25) is 11.5 Å². The van der Waals surface area contributed by atoms with Crippen molar-refractivity contribution in [1.82, 2.24) is 0 Å². The van der Waals surface area contributed by atoms with E-state index in [-0.39, 0.29) is 39.4 Å². The van der Waals surface area contributed by atoms with Crippen molar-refractivity contribution in [2.24, 2.45) is 0 Å². The summed E-state index contributed by atoms with van der Waals surface area (Å²) >= 11 is 0. The Balaban J connectivity index is 1.41. The van der Waals surface area contributed by atoms with E-state index in [9.17, 15) is 20.2 Å². The second kappa shape index (κ2) is 11.8. The fourth-order valence-corrected chi connectivity index (χ4v) is 5.47. The third kappa shape index (κ3) is 5.60. The van der Waals surface area contributed by atoms with Crippen LogP contribution in [0.4, 0.5) is 11.4 Å². The first-order chi connectivity index (χ1) is 20.3. The Morgan fingerprint density at radius 2 is 1.02 bits per heavy atom. The Bertz CT molecular complexity index is 1610. The Morgan fingerprint density at radius 1 is 0.619 bits per heavy atom. The monoisotopic (exact) mass is 560 g/mol. The smallest absolute Gasteiger partial charge is 0.312 e. The minimum absolute atomic E-state index is 0.0530. The number of rotatable bonds is 8. The van der Waals surface area contributed by atoms with Gasteiger partial charge in [0.05, 0.1) is 33.1 Å². The second-order valence-electron chi connectivity index (χ2n) is 10.00. The molecule has 10 nitrogen and oxygen atoms in total. The van der Waals surface area contributed by atoms with Crippen molar-refractivity contribution >= 4 is 11.4 Å². The van der Waals surface area contributed by atoms with Crippen molar-refractivity contribution in [3.8, 4) is 35.1 Å². The molecule has 0 bridgehead atoms. The molecule has 4 aromatic carbocycles. The molecule has 1 saturated carbocycles. The first-order valence-corrected chi connectivity index (χ1v) is 13.3. The number of nitro benzene ring substituents is 2. The van der Waals surface area contributed by atoms with Gasteiger partial charge in [-0.2, -0.15) is 10.5 Å². The number of nitriles is 2. The Kier molecular flexibility index (Phi) is 7.80. The van der Waals surface area contributed by atoms with Gasteiger partial charge < -0.3 is 9.47 Å². The van der Waals surface area contributed by atoms with Gasteiger partial charge >= 0.3 is 11.4 Å². The van der Waals surface area contributed by atoms with Crippen LogP contribution in [0, 0.1) is 42.9 Å². The minimum atomic E-state index is -0.575. The highest BCUT2D eigenvalue weighted by Gasteiger charge is 2.36. The molecule has 1 fully saturated rings. The number of nitro groups is 2. The molecule has 42 heavy (non-hydrogen) atoms. The summed E-state index contributed by atoms with van der Waals surface area (Å²) in [6.07, 6.45) is 5.08. The molecular formula is C32H24N4O6. The molecule has 0 amide bonds. The lowest BCUT2D eigenvalue weighted by Gasteiger charge is -2.38. The van der Waals surface area contributed by atoms with Gasteiger partial charge in [-0.25, -0.2) is 0 Å². The maximum atomic E-state index is 11.5. The Morgan fingerprint density at radius 3 is 1.38 bits per heavy atom. The first-order valence-electron chi connectivity index (χ1n) is 13.3. The van der Waals surface area contributed by atoms with Gasteiger partial charge in [0.1, 0.15) is 11.5 Å². The van der Waals surface area contributed by atoms with Crippen LogP contribution in [-0.2, 0) is 5.41 Å². The van der Waals surface area contributed by atoms with E-state index in [0.29, 0.717) is 11.5 Å². The van der Waals surface area contributed by atoms with E-state index in [1.54, 1.807) is 24.3 Å². The van der Waals surface area contributed by atoms with Crippen LogP contribution >= 0.6 is 0 Å². The summed E-state index contributed by atoms with van der Waals surface area (Å²) < 4.78 is 11.7. The lowest BCUT2D eigenvalue weighted by Crippen LogP contribution is -2.30. The van der Waals surface area contributed by atoms with Crippen LogP contribution in [0.1, 0.15) is 54.4 Å². The summed E-state index contributed by atoms with van der Waals surface area (Å²) in [4.78, 5) is 21.9. The standard InChI is InChI=1S/C32H24N4O6/c33-20-22-4-14-30(28(18-22)35(37)38)41-26-10-6-24(7-11-26)32(16-2-1-3-17-32)25-8-12-27(13-9-25)42-31-15-5-23(21-34)19-29(31)36(39)40/h4-15,18-19H,1-3,16-17H2. The molecule has 208 valence electrons. The van der Waals surface area contributed by atoms with Crippen molar-refractivity contribution in [2.45, 2.75) is 37.5 Å². The van der Waals surface area contributed by atoms with Crippen LogP contribution in [-0.4, -0.2) is 9.85 Å². The average Bonchev–Trinajstić information content (AvgIpc) is 3.02. The van der Waals surface area contributed by atoms with Crippen molar-refractivity contribution in [2.75, 3.05) is 0 Å². The Hall–Kier alpha value is -5.74. The summed E-state index contributed by atoms with van der Waals surface area (Å²) in [7, 11) is 0. The molecule has 4 aromatic rings. The van der Waals surface area contributed by atoms with Crippen molar-refractivity contribution in [1.29, 1.82) is 10.5 Å². The zero-order valence-electron chi connectivity index (χ0n) is 22.4. The number of ether oxygens (including phenoxy) is 2. The van der Waals surface area contributed by atoms with Gasteiger partial charge in [0.25, 0.3) is 0 Å². The fraction of sp³-hybridized carbons (Fsp3) is 0.188. The van der Waals surface area contributed by atoms with E-state index in [1.165, 1.54) is 36.4 Å². The minimum Gasteiger partial charge on any atom is -0.450 e. The first kappa shape index (κ1) is 27.8. The lowest BCUT2D eigenvalue weighted by atomic mass is 9.65. The predicted molar refractivity (Wildman–Crippen MR) is 153 cm³/mol. The number of hydrogen-bond acceptors (Lipinski definition) is 8. The summed E-state index contributed by atoms with van der Waals surface area (Å²) in [5.74, 6) is 0.977. The molecule has 0 aromatic heterocycles. The summed E-state index contributed by atoms with van der Waals surface area (Å²) in [5, 5.41) is 41.2. The van der Waals surface area contributed by atoms with Crippen molar-refractivity contribution < 1.29 is 19.3 Å². The van der Waals surface area contributed by atoms with Gasteiger partial charge in [-0.05, 0) is 72.5 Å². The van der Waals surface area contributed by atoms with E-state index in [2.05, 4.69) is 0 Å². The normalized spacial score (nSPS) is 13.8. The number of nitrogens with zero attached hydrogens (tertiary/aromatic N) is 4. The summed E-state index contributed by atoms with van der Waals surface area (Å²) in [6.45, 7) is 0. The quantitative estimate of drug-likeness (QED) is 0.155. The Labute approximate surface area is 241 Å². The molecule has 0 unspecified atom stereocenters. The van der Waals surface area contributed by atoms with E-state index in [1.807, 2.05) is 36.4 Å². The van der Waals surface area contributed by atoms with Crippen molar-refractivity contribution in [3.05, 3.63) is 127 Å². The summed E-state index contributed by atoms with van der Waals surface area (Å²) in [5.41, 5.74) is 1.69. The molecule has 1 aliphatic carbocycles. The maximum Gasteiger partial charge on any atom is 0.312 e. The number of benzene rings is 4. The van der Waals surface area contributed by atoms with Gasteiger partial charge in [0.15, 0.2) is 0 Å². The maximum absolute atomic E-state index is 11.5. The highest BCUT2D eigenvalue weighted by molar-refractivity contribution is 5.55. The van der Waals surface area contributed by atoms with Gasteiger partial charge in [-0.1, -0.05) is 43.5 Å². The third-order valence-electron chi connectivity index (χ3n) is 7.55. The lowest BCUT2D eigenvalue weighted by molar-refractivity contribution is -0.385. The van der Waals surface area contributed by atoms with E-state index in [0.717, 1.165) is 43.2 Å². The van der Waals surface area contributed by atoms with Gasteiger partial charge in [-0.3, -0.25) is 20.2 Å². The van der Waals surface area contributed by atoms with Crippen LogP contribution in [0.5, 0.6) is 23.0 Å². The average molecular weight is 561 g/mol. The highest BCUT2D eigenvalue weighted by Crippen LogP contribution is 2.46. The summed E-state index contributed by atoms with van der Waals surface area (Å²) in [6, 6.07) is 27.0. The largest absolute Gasteiger partial charge is 0.450 e. The van der Waals surface area contributed by atoms with Crippen LogP contribution in [0.25, 0.3) is 0 Å². The molecule has 0 aliphatic heterocycles. The zero-order valence-corrected chi connectivity index (χ0v) is 22.4. The third-order valence-corrected chi connectivity index (χ3v) is 7.55. The zero-order chi connectivity index (χ0) is 29.7. The van der Waals surface area contributed by atoms with Gasteiger partial charge in [-0.15, -0.1) is 0 Å². The molecule has 0 atom stereocenters. The SMILES string of the molecule is N#Cc1ccc(Oc2ccc(C3(c4ccc(Oc5ccc(C#N)cc5[N+](=O)[O-])cc4)CCCCC3)cc2)c([N+](=O)[O-])c1. The van der Waals surface area contributed by atoms with Crippen molar-refractivity contribution in [3.63, 3.8) is 0 Å². The van der Waals surface area contributed by atoms with E-state index >= 15 is 0 Å². The molecule has 0 heterocycles. The molecule has 10 heteroatoms. The second-order valence-corrected chi connectivity index (χ2v) is 10.00. The molecule has 0 spiro atoms. The topological polar surface area (TPSA) is 152 Å². The highest BCUT2D eigenvalue weighted by atomic mass is 16.6. The molecule has 1 aliphatic rings. The molecule has 5 rings (SSSR count). The molecule has 0 radical (unpaired) electrons. The molecule has 0 N–H and O–H groups in total. The predicted octanol–water partition coefficient (Wildman–Crippen LogP) is 8.08. The van der Waals surface area contributed by atoms with Crippen LogP contribution in [0.15, 0.2) is 84.9 Å². The van der Waals surface area contributed by atoms with E-state index < -0.39 is 9.85 Å². The van der Waals surface area contributed by atoms with E-state index in [4.69, 9.17) is 20.0 Å². The fourth-order valence-electron chi connectivity index (χ4n) is 5.47. The molecule has 0 saturated heterocycles. The van der Waals surface area contributed by atoms with Crippen LogP contribution in [0.3, 0.4) is 0 Å². The molecular weight excluding hydrogens is 536 g/mol. The van der Waals surface area contributed by atoms with Crippen LogP contribution in [0.2, 0.25) is 0 Å². The van der Waals surface area contributed by atoms with Crippen LogP contribution < -0.4 is 9.47 Å². The van der Waals surface area contributed by atoms with Gasteiger partial charge in [0, 0.05) is 17.5 Å². The number of hydrogen-bond donors (Lipinski definition) is 0.